The third kappa shape index (κ3) is 2.09. The van der Waals surface area contributed by atoms with E-state index < -0.39 is 0 Å². The van der Waals surface area contributed by atoms with Crippen molar-refractivity contribution >= 4 is 11.3 Å². The van der Waals surface area contributed by atoms with Crippen LogP contribution in [0, 0.1) is 17.1 Å². The molecule has 0 atom stereocenters. The third-order valence-electron chi connectivity index (χ3n) is 2.48. The number of H-pyrrole nitrogens is 1. The third-order valence-corrected chi connectivity index (χ3v) is 3.62. The second-order valence-corrected chi connectivity index (χ2v) is 4.77. The van der Waals surface area contributed by atoms with Crippen LogP contribution in [0.1, 0.15) is 5.69 Å². The summed E-state index contributed by atoms with van der Waals surface area (Å²) in [6.45, 7) is 0. The minimum atomic E-state index is -0.383. The number of nitrogens with zero attached hydrogens (tertiary/aromatic N) is 4. The van der Waals surface area contributed by atoms with Gasteiger partial charge >= 0.3 is 0 Å². The van der Waals surface area contributed by atoms with E-state index in [-0.39, 0.29) is 11.5 Å². The fourth-order valence-corrected chi connectivity index (χ4v) is 2.63. The molecule has 1 N–H and O–H groups in total. The van der Waals surface area contributed by atoms with Gasteiger partial charge in [0.25, 0.3) is 0 Å². The highest BCUT2D eigenvalue weighted by Gasteiger charge is 2.13. The number of aromatic nitrogens is 4. The normalized spacial score (nSPS) is 10.3. The number of aromatic amines is 1. The molecule has 0 aliphatic carbocycles. The molecule has 0 bridgehead atoms. The molecule has 92 valence electrons. The van der Waals surface area contributed by atoms with Gasteiger partial charge in [-0.25, -0.2) is 4.39 Å². The molecule has 19 heavy (non-hydrogen) atoms. The molecule has 3 rings (SSSR count). The van der Waals surface area contributed by atoms with E-state index >= 15 is 0 Å². The fraction of sp³-hybridized carbons (Fsp3) is 0. The van der Waals surface area contributed by atoms with Crippen molar-refractivity contribution in [2.24, 2.45) is 0 Å². The van der Waals surface area contributed by atoms with E-state index in [1.54, 1.807) is 6.20 Å². The molecule has 0 aliphatic heterocycles. The molecule has 0 fully saturated rings. The van der Waals surface area contributed by atoms with E-state index in [2.05, 4.69) is 20.4 Å². The maximum atomic E-state index is 13.1. The Kier molecular flexibility index (Phi) is 2.78. The molecule has 0 unspecified atom stereocenters. The Labute approximate surface area is 111 Å². The topological polar surface area (TPSA) is 78.2 Å². The van der Waals surface area contributed by atoms with Crippen LogP contribution in [-0.2, 0) is 0 Å². The van der Waals surface area contributed by atoms with Crippen molar-refractivity contribution in [3.05, 3.63) is 42.1 Å². The van der Waals surface area contributed by atoms with Crippen LogP contribution in [-0.4, -0.2) is 20.4 Å². The number of pyridine rings is 1. The summed E-state index contributed by atoms with van der Waals surface area (Å²) < 4.78 is 13.1. The zero-order valence-electron chi connectivity index (χ0n) is 9.46. The zero-order chi connectivity index (χ0) is 13.2. The Balaban J connectivity index is 2.03. The molecule has 0 saturated heterocycles. The quantitative estimate of drug-likeness (QED) is 0.777. The van der Waals surface area contributed by atoms with Gasteiger partial charge in [-0.1, -0.05) is 0 Å². The van der Waals surface area contributed by atoms with Gasteiger partial charge in [0.2, 0.25) is 0 Å². The molecular weight excluding hydrogens is 265 g/mol. The number of nitrogens with one attached hydrogen (secondary N) is 1. The SMILES string of the molecule is N#Cc1n[nH]nc1-c1ccc(-c2cncc(F)c2)s1. The summed E-state index contributed by atoms with van der Waals surface area (Å²) in [6.07, 6.45) is 2.75. The smallest absolute Gasteiger partial charge is 0.191 e. The van der Waals surface area contributed by atoms with Crippen LogP contribution in [0.15, 0.2) is 30.6 Å². The first-order valence-corrected chi connectivity index (χ1v) is 6.11. The predicted molar refractivity (Wildman–Crippen MR) is 67.6 cm³/mol. The Morgan fingerprint density at radius 2 is 2.05 bits per heavy atom. The summed E-state index contributed by atoms with van der Waals surface area (Å²) in [7, 11) is 0. The highest BCUT2D eigenvalue weighted by molar-refractivity contribution is 7.18. The van der Waals surface area contributed by atoms with Gasteiger partial charge in [-0.2, -0.15) is 15.6 Å². The van der Waals surface area contributed by atoms with Crippen LogP contribution < -0.4 is 0 Å². The van der Waals surface area contributed by atoms with Gasteiger partial charge in [-0.05, 0) is 18.2 Å². The highest BCUT2D eigenvalue weighted by atomic mass is 32.1. The summed E-state index contributed by atoms with van der Waals surface area (Å²) >= 11 is 1.40. The Hall–Kier alpha value is -2.59. The van der Waals surface area contributed by atoms with Crippen molar-refractivity contribution in [3.8, 4) is 27.1 Å². The molecule has 0 amide bonds. The first-order valence-electron chi connectivity index (χ1n) is 5.30. The van der Waals surface area contributed by atoms with E-state index in [9.17, 15) is 4.39 Å². The molecule has 0 aromatic carbocycles. The van der Waals surface area contributed by atoms with Gasteiger partial charge in [0.1, 0.15) is 17.6 Å². The number of thiophene rings is 1. The van der Waals surface area contributed by atoms with E-state index in [0.29, 0.717) is 11.3 Å². The van der Waals surface area contributed by atoms with E-state index in [0.717, 1.165) is 16.0 Å². The van der Waals surface area contributed by atoms with Gasteiger partial charge in [0, 0.05) is 16.6 Å². The van der Waals surface area contributed by atoms with Crippen LogP contribution in [0.5, 0.6) is 0 Å². The number of hydrogen-bond donors (Lipinski definition) is 1. The molecule has 5 nitrogen and oxygen atoms in total. The summed E-state index contributed by atoms with van der Waals surface area (Å²) in [5.74, 6) is -0.383. The minimum absolute atomic E-state index is 0.241. The minimum Gasteiger partial charge on any atom is -0.261 e. The second kappa shape index (κ2) is 4.59. The van der Waals surface area contributed by atoms with Crippen molar-refractivity contribution < 1.29 is 4.39 Å². The lowest BCUT2D eigenvalue weighted by atomic mass is 10.2. The first-order chi connectivity index (χ1) is 9.28. The van der Waals surface area contributed by atoms with Crippen molar-refractivity contribution in [1.82, 2.24) is 20.4 Å². The maximum absolute atomic E-state index is 13.1. The van der Waals surface area contributed by atoms with Gasteiger partial charge in [0.15, 0.2) is 5.69 Å². The highest BCUT2D eigenvalue weighted by Crippen LogP contribution is 2.34. The fourth-order valence-electron chi connectivity index (χ4n) is 1.65. The van der Waals surface area contributed by atoms with Crippen LogP contribution in [0.2, 0.25) is 0 Å². The summed E-state index contributed by atoms with van der Waals surface area (Å²) in [6, 6.07) is 7.04. The van der Waals surface area contributed by atoms with Gasteiger partial charge < -0.3 is 0 Å². The van der Waals surface area contributed by atoms with Crippen LogP contribution in [0.4, 0.5) is 4.39 Å². The zero-order valence-corrected chi connectivity index (χ0v) is 10.3. The summed E-state index contributed by atoms with van der Waals surface area (Å²) in [4.78, 5) is 5.46. The van der Waals surface area contributed by atoms with Gasteiger partial charge in [0.05, 0.1) is 11.1 Å². The average molecular weight is 271 g/mol. The molecule has 0 saturated carbocycles. The Morgan fingerprint density at radius 1 is 1.21 bits per heavy atom. The van der Waals surface area contributed by atoms with Crippen molar-refractivity contribution in [2.45, 2.75) is 0 Å². The molecule has 3 aromatic rings. The Morgan fingerprint density at radius 3 is 2.84 bits per heavy atom. The van der Waals surface area contributed by atoms with Crippen molar-refractivity contribution in [3.63, 3.8) is 0 Å². The number of rotatable bonds is 2. The molecule has 3 heterocycles. The number of halogens is 1. The molecular formula is C12H6FN5S. The molecule has 3 aromatic heterocycles. The average Bonchev–Trinajstić information content (AvgIpc) is 3.07. The molecule has 0 radical (unpaired) electrons. The van der Waals surface area contributed by atoms with E-state index in [1.807, 2.05) is 18.2 Å². The maximum Gasteiger partial charge on any atom is 0.191 e. The van der Waals surface area contributed by atoms with Crippen LogP contribution in [0.25, 0.3) is 21.0 Å². The predicted octanol–water partition coefficient (Wildman–Crippen LogP) is 2.61. The number of hydrogen-bond acceptors (Lipinski definition) is 5. The first kappa shape index (κ1) is 11.5. The van der Waals surface area contributed by atoms with Gasteiger partial charge in [-0.3, -0.25) is 4.98 Å². The Bertz CT molecular complexity index is 770. The lowest BCUT2D eigenvalue weighted by molar-refractivity contribution is 0.622. The van der Waals surface area contributed by atoms with Crippen molar-refractivity contribution in [1.29, 1.82) is 5.26 Å². The van der Waals surface area contributed by atoms with E-state index in [4.69, 9.17) is 5.26 Å². The number of nitriles is 1. The lowest BCUT2D eigenvalue weighted by Gasteiger charge is -1.95. The molecule has 7 heteroatoms. The largest absolute Gasteiger partial charge is 0.261 e. The standard InChI is InChI=1S/C12H6FN5S/c13-8-3-7(5-15-6-8)10-1-2-11(19-10)12-9(4-14)16-18-17-12/h1-3,5-6H,(H,16,17,18). The molecule has 0 aliphatic rings. The monoisotopic (exact) mass is 271 g/mol. The van der Waals surface area contributed by atoms with Gasteiger partial charge in [-0.15, -0.1) is 16.4 Å². The summed E-state index contributed by atoms with van der Waals surface area (Å²) in [5.41, 5.74) is 1.44. The van der Waals surface area contributed by atoms with Crippen LogP contribution in [0.3, 0.4) is 0 Å². The summed E-state index contributed by atoms with van der Waals surface area (Å²) in [5, 5.41) is 19.0. The van der Waals surface area contributed by atoms with Crippen molar-refractivity contribution in [2.75, 3.05) is 0 Å². The molecule has 0 spiro atoms. The lowest BCUT2D eigenvalue weighted by Crippen LogP contribution is -1.79. The van der Waals surface area contributed by atoms with Crippen LogP contribution >= 0.6 is 11.3 Å². The van der Waals surface area contributed by atoms with E-state index in [1.165, 1.54) is 17.4 Å². The second-order valence-electron chi connectivity index (χ2n) is 3.69.